The molecule has 0 aromatic heterocycles. The standard InChI is InChI=1S/C24H18ClNO5/c1-31-19-11-10-16(13-18(19)25)26-21(15-8-5-9-17(27)12-15)20(23(29)24(26)30)22(28)14-6-3-2-4-7-14/h2-13,21,27-28H,1H3/b22-20+. The number of Topliss-reactive ketones (excluding diaryl/α,β-unsaturated/α-hetero) is 1. The van der Waals surface area contributed by atoms with E-state index in [9.17, 15) is 19.8 Å². The Balaban J connectivity index is 1.95. The lowest BCUT2D eigenvalue weighted by atomic mass is 9.95. The van der Waals surface area contributed by atoms with Crippen LogP contribution in [0.5, 0.6) is 11.5 Å². The van der Waals surface area contributed by atoms with Crippen molar-refractivity contribution in [2.24, 2.45) is 0 Å². The molecule has 0 radical (unpaired) electrons. The van der Waals surface area contributed by atoms with Crippen molar-refractivity contribution < 1.29 is 24.5 Å². The monoisotopic (exact) mass is 435 g/mol. The second kappa shape index (κ2) is 8.16. The number of benzene rings is 3. The first-order valence-electron chi connectivity index (χ1n) is 9.41. The topological polar surface area (TPSA) is 87.1 Å². The Morgan fingerprint density at radius 1 is 1.00 bits per heavy atom. The molecule has 1 fully saturated rings. The SMILES string of the molecule is COc1ccc(N2C(=O)C(=O)/C(=C(/O)c3ccccc3)C2c2cccc(O)c2)cc1Cl. The van der Waals surface area contributed by atoms with Crippen LogP contribution in [0.1, 0.15) is 17.2 Å². The predicted octanol–water partition coefficient (Wildman–Crippen LogP) is 4.68. The molecule has 7 heteroatoms. The first-order valence-corrected chi connectivity index (χ1v) is 9.79. The predicted molar refractivity (Wildman–Crippen MR) is 117 cm³/mol. The van der Waals surface area contributed by atoms with Gasteiger partial charge in [0.2, 0.25) is 0 Å². The molecule has 0 bridgehead atoms. The van der Waals surface area contributed by atoms with Crippen LogP contribution in [0.25, 0.3) is 5.76 Å². The fraction of sp³-hybridized carbons (Fsp3) is 0.0833. The Morgan fingerprint density at radius 2 is 1.74 bits per heavy atom. The molecule has 0 aliphatic carbocycles. The van der Waals surface area contributed by atoms with E-state index in [1.165, 1.54) is 30.2 Å². The number of amides is 1. The second-order valence-electron chi connectivity index (χ2n) is 6.95. The number of phenolic OH excluding ortho intramolecular Hbond substituents is 1. The van der Waals surface area contributed by atoms with E-state index in [1.54, 1.807) is 54.6 Å². The van der Waals surface area contributed by atoms with Crippen molar-refractivity contribution in [3.8, 4) is 11.5 Å². The third-order valence-corrected chi connectivity index (χ3v) is 5.39. The van der Waals surface area contributed by atoms with Gasteiger partial charge in [0.1, 0.15) is 17.3 Å². The molecule has 1 aliphatic heterocycles. The van der Waals surface area contributed by atoms with Gasteiger partial charge in [-0.1, -0.05) is 54.1 Å². The third-order valence-electron chi connectivity index (χ3n) is 5.09. The van der Waals surface area contributed by atoms with Gasteiger partial charge in [0, 0.05) is 11.3 Å². The number of hydrogen-bond acceptors (Lipinski definition) is 5. The summed E-state index contributed by atoms with van der Waals surface area (Å²) in [7, 11) is 1.47. The average Bonchev–Trinajstić information content (AvgIpc) is 3.04. The van der Waals surface area contributed by atoms with Crippen LogP contribution in [0.15, 0.2) is 78.4 Å². The van der Waals surface area contributed by atoms with Gasteiger partial charge in [-0.05, 0) is 35.9 Å². The van der Waals surface area contributed by atoms with E-state index < -0.39 is 17.7 Å². The van der Waals surface area contributed by atoms with Gasteiger partial charge in [0.25, 0.3) is 11.7 Å². The van der Waals surface area contributed by atoms with Gasteiger partial charge in [-0.15, -0.1) is 0 Å². The fourth-order valence-corrected chi connectivity index (χ4v) is 3.92. The molecular formula is C24H18ClNO5. The summed E-state index contributed by atoms with van der Waals surface area (Å²) in [5, 5.41) is 21.3. The Labute approximate surface area is 183 Å². The number of ether oxygens (including phenoxy) is 1. The van der Waals surface area contributed by atoms with E-state index in [0.29, 0.717) is 22.6 Å². The molecule has 156 valence electrons. The smallest absolute Gasteiger partial charge is 0.300 e. The highest BCUT2D eigenvalue weighted by Gasteiger charge is 2.47. The second-order valence-corrected chi connectivity index (χ2v) is 7.36. The number of methoxy groups -OCH3 is 1. The number of hydrogen-bond donors (Lipinski definition) is 2. The minimum absolute atomic E-state index is 0.0319. The molecule has 1 heterocycles. The maximum atomic E-state index is 13.1. The van der Waals surface area contributed by atoms with Crippen molar-refractivity contribution in [2.45, 2.75) is 6.04 Å². The number of halogens is 1. The number of aromatic hydroxyl groups is 1. The van der Waals surface area contributed by atoms with Gasteiger partial charge in [-0.25, -0.2) is 0 Å². The lowest BCUT2D eigenvalue weighted by Gasteiger charge is -2.26. The summed E-state index contributed by atoms with van der Waals surface area (Å²) in [4.78, 5) is 27.4. The van der Waals surface area contributed by atoms with Crippen molar-refractivity contribution in [3.05, 3.63) is 94.5 Å². The normalized spacial score (nSPS) is 17.7. The molecule has 0 saturated carbocycles. The summed E-state index contributed by atoms with van der Waals surface area (Å²) < 4.78 is 5.17. The van der Waals surface area contributed by atoms with Gasteiger partial charge < -0.3 is 14.9 Å². The number of carbonyl (C=O) groups excluding carboxylic acids is 2. The average molecular weight is 436 g/mol. The minimum Gasteiger partial charge on any atom is -0.508 e. The highest BCUT2D eigenvalue weighted by atomic mass is 35.5. The lowest BCUT2D eigenvalue weighted by Crippen LogP contribution is -2.29. The maximum absolute atomic E-state index is 13.1. The van der Waals surface area contributed by atoms with Crippen molar-refractivity contribution >= 4 is 34.7 Å². The fourth-order valence-electron chi connectivity index (χ4n) is 3.67. The Kier molecular flexibility index (Phi) is 5.40. The van der Waals surface area contributed by atoms with E-state index in [2.05, 4.69) is 0 Å². The van der Waals surface area contributed by atoms with Gasteiger partial charge in [-0.2, -0.15) is 0 Å². The lowest BCUT2D eigenvalue weighted by molar-refractivity contribution is -0.132. The molecule has 3 aromatic rings. The summed E-state index contributed by atoms with van der Waals surface area (Å²) in [6.07, 6.45) is 0. The summed E-state index contributed by atoms with van der Waals surface area (Å²) in [5.41, 5.74) is 1.14. The number of ketones is 1. The van der Waals surface area contributed by atoms with Crippen LogP contribution in [0.2, 0.25) is 5.02 Å². The van der Waals surface area contributed by atoms with E-state index >= 15 is 0 Å². The van der Waals surface area contributed by atoms with Gasteiger partial charge >= 0.3 is 0 Å². The first-order chi connectivity index (χ1) is 14.9. The van der Waals surface area contributed by atoms with Crippen molar-refractivity contribution in [2.75, 3.05) is 12.0 Å². The van der Waals surface area contributed by atoms with Crippen LogP contribution < -0.4 is 9.64 Å². The third kappa shape index (κ3) is 3.62. The van der Waals surface area contributed by atoms with E-state index in [0.717, 1.165) is 0 Å². The van der Waals surface area contributed by atoms with Gasteiger partial charge in [-0.3, -0.25) is 14.5 Å². The molecule has 6 nitrogen and oxygen atoms in total. The van der Waals surface area contributed by atoms with Gasteiger partial charge in [0.15, 0.2) is 0 Å². The van der Waals surface area contributed by atoms with Crippen LogP contribution in [0, 0.1) is 0 Å². The molecule has 1 atom stereocenters. The molecule has 1 saturated heterocycles. The van der Waals surface area contributed by atoms with E-state index in [1.807, 2.05) is 0 Å². The largest absolute Gasteiger partial charge is 0.508 e. The Bertz CT molecular complexity index is 1210. The Morgan fingerprint density at radius 3 is 2.39 bits per heavy atom. The highest BCUT2D eigenvalue weighted by Crippen LogP contribution is 2.44. The summed E-state index contributed by atoms with van der Waals surface area (Å²) >= 11 is 6.26. The summed E-state index contributed by atoms with van der Waals surface area (Å²) in [6, 6.07) is 18.5. The van der Waals surface area contributed by atoms with Crippen LogP contribution >= 0.6 is 11.6 Å². The number of phenols is 1. The first kappa shape index (κ1) is 20.5. The molecule has 31 heavy (non-hydrogen) atoms. The van der Waals surface area contributed by atoms with Crippen LogP contribution in [0.4, 0.5) is 5.69 Å². The molecular weight excluding hydrogens is 418 g/mol. The number of aliphatic hydroxyl groups is 1. The molecule has 2 N–H and O–H groups in total. The zero-order valence-corrected chi connectivity index (χ0v) is 17.2. The van der Waals surface area contributed by atoms with Crippen molar-refractivity contribution in [1.29, 1.82) is 0 Å². The molecule has 3 aromatic carbocycles. The number of aliphatic hydroxyl groups excluding tert-OH is 1. The molecule has 0 spiro atoms. The molecule has 1 amide bonds. The molecule has 4 rings (SSSR count). The zero-order valence-electron chi connectivity index (χ0n) is 16.4. The van der Waals surface area contributed by atoms with Crippen molar-refractivity contribution in [3.63, 3.8) is 0 Å². The number of anilines is 1. The minimum atomic E-state index is -0.961. The number of carbonyl (C=O) groups is 2. The van der Waals surface area contributed by atoms with Crippen LogP contribution in [-0.4, -0.2) is 29.0 Å². The maximum Gasteiger partial charge on any atom is 0.300 e. The summed E-state index contributed by atoms with van der Waals surface area (Å²) in [6.45, 7) is 0. The quantitative estimate of drug-likeness (QED) is 0.353. The van der Waals surface area contributed by atoms with Crippen LogP contribution in [0.3, 0.4) is 0 Å². The van der Waals surface area contributed by atoms with E-state index in [4.69, 9.17) is 16.3 Å². The number of nitrogens with zero attached hydrogens (tertiary/aromatic N) is 1. The van der Waals surface area contributed by atoms with Crippen molar-refractivity contribution in [1.82, 2.24) is 0 Å². The van der Waals surface area contributed by atoms with E-state index in [-0.39, 0.29) is 22.1 Å². The summed E-state index contributed by atoms with van der Waals surface area (Å²) in [5.74, 6) is -1.56. The van der Waals surface area contributed by atoms with Gasteiger partial charge in [0.05, 0.1) is 23.7 Å². The Hall–Kier alpha value is -3.77. The zero-order chi connectivity index (χ0) is 22.1. The molecule has 1 aliphatic rings. The van der Waals surface area contributed by atoms with Crippen LogP contribution in [-0.2, 0) is 9.59 Å². The number of rotatable bonds is 4. The molecule has 1 unspecified atom stereocenters. The highest BCUT2D eigenvalue weighted by molar-refractivity contribution is 6.51.